The number of para-hydroxylation sites is 1. The molecule has 3 amide bonds. The van der Waals surface area contributed by atoms with Crippen molar-refractivity contribution in [1.29, 1.82) is 0 Å². The molecule has 1 atom stereocenters. The van der Waals surface area contributed by atoms with Gasteiger partial charge in [0.15, 0.2) is 6.10 Å². The van der Waals surface area contributed by atoms with Crippen molar-refractivity contribution in [1.82, 2.24) is 5.32 Å². The summed E-state index contributed by atoms with van der Waals surface area (Å²) in [5, 5.41) is 3.85. The summed E-state index contributed by atoms with van der Waals surface area (Å²) in [5.41, 5.74) is 6.43. The molecule has 6 heteroatoms. The van der Waals surface area contributed by atoms with Gasteiger partial charge in [0.25, 0.3) is 5.91 Å². The van der Waals surface area contributed by atoms with Crippen LogP contribution in [0, 0.1) is 0 Å². The normalized spacial score (nSPS) is 12.2. The Kier molecular flexibility index (Phi) is 3.42. The molecule has 0 radical (unpaired) electrons. The Morgan fingerprint density at radius 1 is 1.14 bits per heavy atom. The number of furan rings is 1. The van der Waals surface area contributed by atoms with Gasteiger partial charge in [0, 0.05) is 10.8 Å². The van der Waals surface area contributed by atoms with Gasteiger partial charge in [-0.05, 0) is 31.2 Å². The molecule has 3 rings (SSSR count). The summed E-state index contributed by atoms with van der Waals surface area (Å²) in [6.07, 6.45) is -0.844. The summed E-state index contributed by atoms with van der Waals surface area (Å²) in [6.45, 7) is 1.54. The van der Waals surface area contributed by atoms with Crippen LogP contribution in [0.3, 0.4) is 0 Å². The van der Waals surface area contributed by atoms with Crippen LogP contribution in [0.4, 0.5) is 4.79 Å². The summed E-state index contributed by atoms with van der Waals surface area (Å²) >= 11 is 0. The highest BCUT2D eigenvalue weighted by Crippen LogP contribution is 2.31. The van der Waals surface area contributed by atoms with Crippen LogP contribution in [0.25, 0.3) is 21.9 Å². The first-order chi connectivity index (χ1) is 10.5. The molecule has 0 aliphatic carbocycles. The quantitative estimate of drug-likeness (QED) is 0.777. The summed E-state index contributed by atoms with van der Waals surface area (Å²) in [4.78, 5) is 22.3. The van der Waals surface area contributed by atoms with Crippen LogP contribution in [0.15, 0.2) is 46.9 Å². The molecule has 0 bridgehead atoms. The summed E-state index contributed by atoms with van der Waals surface area (Å²) < 4.78 is 11.3. The molecule has 0 saturated heterocycles. The summed E-state index contributed by atoms with van der Waals surface area (Å²) in [6, 6.07) is 12.0. The smallest absolute Gasteiger partial charge is 0.318 e. The number of carbonyl (C=O) groups excluding carboxylic acids is 2. The molecule has 0 aliphatic heterocycles. The maximum atomic E-state index is 11.6. The fraction of sp³-hybridized carbons (Fsp3) is 0.125. The van der Waals surface area contributed by atoms with E-state index >= 15 is 0 Å². The fourth-order valence-corrected chi connectivity index (χ4v) is 2.26. The van der Waals surface area contributed by atoms with Crippen molar-refractivity contribution in [2.45, 2.75) is 13.0 Å². The van der Waals surface area contributed by atoms with E-state index in [4.69, 9.17) is 14.9 Å². The first kappa shape index (κ1) is 13.9. The van der Waals surface area contributed by atoms with Crippen molar-refractivity contribution < 1.29 is 18.7 Å². The molecule has 0 aliphatic rings. The average molecular weight is 298 g/mol. The molecule has 1 heterocycles. The van der Waals surface area contributed by atoms with Crippen molar-refractivity contribution in [2.24, 2.45) is 5.73 Å². The van der Waals surface area contributed by atoms with E-state index in [9.17, 15) is 9.59 Å². The third kappa shape index (κ3) is 2.58. The predicted molar refractivity (Wildman–Crippen MR) is 81.5 cm³/mol. The third-order valence-corrected chi connectivity index (χ3v) is 3.28. The Balaban J connectivity index is 1.90. The zero-order valence-corrected chi connectivity index (χ0v) is 11.8. The SMILES string of the molecule is C[C@@H](Oc1ccc2oc3ccccc3c2c1)C(=O)NC(N)=O. The first-order valence-electron chi connectivity index (χ1n) is 6.73. The van der Waals surface area contributed by atoms with Gasteiger partial charge in [-0.2, -0.15) is 0 Å². The van der Waals surface area contributed by atoms with E-state index in [1.54, 1.807) is 18.2 Å². The van der Waals surface area contributed by atoms with Crippen LogP contribution in [0.1, 0.15) is 6.92 Å². The molecular formula is C16H14N2O4. The van der Waals surface area contributed by atoms with Gasteiger partial charge in [0.2, 0.25) is 0 Å². The Labute approximate surface area is 125 Å². The van der Waals surface area contributed by atoms with E-state index in [0.29, 0.717) is 5.75 Å². The van der Waals surface area contributed by atoms with Gasteiger partial charge in [0.1, 0.15) is 16.9 Å². The van der Waals surface area contributed by atoms with Gasteiger partial charge in [-0.3, -0.25) is 10.1 Å². The number of rotatable bonds is 3. The molecule has 3 N–H and O–H groups in total. The summed E-state index contributed by atoms with van der Waals surface area (Å²) in [5.74, 6) is -0.0872. The standard InChI is InChI=1S/C16H14N2O4/c1-9(15(19)18-16(17)20)21-10-6-7-14-12(8-10)11-4-2-3-5-13(11)22-14/h2-9H,1H3,(H3,17,18,19,20)/t9-/m1/s1. The fourth-order valence-electron chi connectivity index (χ4n) is 2.26. The monoisotopic (exact) mass is 298 g/mol. The molecule has 0 fully saturated rings. The number of carbonyl (C=O) groups is 2. The first-order valence-corrected chi connectivity index (χ1v) is 6.73. The molecule has 0 unspecified atom stereocenters. The van der Waals surface area contributed by atoms with E-state index in [-0.39, 0.29) is 0 Å². The van der Waals surface area contributed by atoms with E-state index in [1.165, 1.54) is 6.92 Å². The number of nitrogens with two attached hydrogens (primary N) is 1. The van der Waals surface area contributed by atoms with Crippen LogP contribution in [-0.2, 0) is 4.79 Å². The molecule has 6 nitrogen and oxygen atoms in total. The molecule has 1 aromatic heterocycles. The van der Waals surface area contributed by atoms with Crippen molar-refractivity contribution in [2.75, 3.05) is 0 Å². The van der Waals surface area contributed by atoms with Crippen LogP contribution < -0.4 is 15.8 Å². The third-order valence-electron chi connectivity index (χ3n) is 3.28. The molecule has 112 valence electrons. The lowest BCUT2D eigenvalue weighted by Crippen LogP contribution is -2.42. The van der Waals surface area contributed by atoms with Crippen molar-refractivity contribution >= 4 is 33.9 Å². The second-order valence-corrected chi connectivity index (χ2v) is 4.87. The molecule has 22 heavy (non-hydrogen) atoms. The van der Waals surface area contributed by atoms with E-state index in [2.05, 4.69) is 0 Å². The van der Waals surface area contributed by atoms with Gasteiger partial charge >= 0.3 is 6.03 Å². The topological polar surface area (TPSA) is 94.6 Å². The molecular weight excluding hydrogens is 284 g/mol. The maximum absolute atomic E-state index is 11.6. The lowest BCUT2D eigenvalue weighted by atomic mass is 10.1. The largest absolute Gasteiger partial charge is 0.481 e. The number of imide groups is 1. The van der Waals surface area contributed by atoms with Crippen molar-refractivity contribution in [3.05, 3.63) is 42.5 Å². The molecule has 2 aromatic carbocycles. The van der Waals surface area contributed by atoms with Crippen LogP contribution in [-0.4, -0.2) is 18.0 Å². The Hall–Kier alpha value is -3.02. The number of hydrogen-bond donors (Lipinski definition) is 2. The van der Waals surface area contributed by atoms with Gasteiger partial charge < -0.3 is 14.9 Å². The summed E-state index contributed by atoms with van der Waals surface area (Å²) in [7, 11) is 0. The number of nitrogens with one attached hydrogen (secondary N) is 1. The zero-order chi connectivity index (χ0) is 15.7. The highest BCUT2D eigenvalue weighted by atomic mass is 16.5. The van der Waals surface area contributed by atoms with Gasteiger partial charge in [0.05, 0.1) is 0 Å². The number of urea groups is 1. The van der Waals surface area contributed by atoms with E-state index in [1.807, 2.05) is 29.6 Å². The number of fused-ring (bicyclic) bond motifs is 3. The number of primary amides is 1. The molecule has 0 spiro atoms. The van der Waals surface area contributed by atoms with Crippen LogP contribution >= 0.6 is 0 Å². The van der Waals surface area contributed by atoms with Crippen molar-refractivity contribution in [3.63, 3.8) is 0 Å². The van der Waals surface area contributed by atoms with Gasteiger partial charge in [-0.15, -0.1) is 0 Å². The zero-order valence-electron chi connectivity index (χ0n) is 11.8. The Morgan fingerprint density at radius 3 is 2.64 bits per heavy atom. The minimum absolute atomic E-state index is 0.506. The molecule has 0 saturated carbocycles. The Morgan fingerprint density at radius 2 is 1.86 bits per heavy atom. The van der Waals surface area contributed by atoms with Gasteiger partial charge in [-0.1, -0.05) is 18.2 Å². The van der Waals surface area contributed by atoms with Crippen LogP contribution in [0.2, 0.25) is 0 Å². The second-order valence-electron chi connectivity index (χ2n) is 4.87. The highest BCUT2D eigenvalue weighted by Gasteiger charge is 2.17. The average Bonchev–Trinajstić information content (AvgIpc) is 2.84. The Bertz CT molecular complexity index is 869. The lowest BCUT2D eigenvalue weighted by Gasteiger charge is -2.13. The number of amides is 3. The minimum atomic E-state index is -0.906. The van der Waals surface area contributed by atoms with E-state index < -0.39 is 18.0 Å². The second kappa shape index (κ2) is 5.40. The number of ether oxygens (including phenoxy) is 1. The highest BCUT2D eigenvalue weighted by molar-refractivity contribution is 6.05. The van der Waals surface area contributed by atoms with Crippen molar-refractivity contribution in [3.8, 4) is 5.75 Å². The lowest BCUT2D eigenvalue weighted by molar-refractivity contribution is -0.126. The molecule has 3 aromatic rings. The van der Waals surface area contributed by atoms with Gasteiger partial charge in [-0.25, -0.2) is 4.79 Å². The predicted octanol–water partition coefficient (Wildman–Crippen LogP) is 2.55. The number of benzene rings is 2. The maximum Gasteiger partial charge on any atom is 0.318 e. The minimum Gasteiger partial charge on any atom is -0.481 e. The van der Waals surface area contributed by atoms with E-state index in [0.717, 1.165) is 21.9 Å². The van der Waals surface area contributed by atoms with Crippen LogP contribution in [0.5, 0.6) is 5.75 Å². The number of hydrogen-bond acceptors (Lipinski definition) is 4.